The number of rotatable bonds is 6. The number of phenols is 1. The van der Waals surface area contributed by atoms with E-state index in [0.29, 0.717) is 5.75 Å². The van der Waals surface area contributed by atoms with Gasteiger partial charge in [0.15, 0.2) is 0 Å². The topological polar surface area (TPSA) is 20.2 Å². The maximum atomic E-state index is 9.34. The first-order valence-corrected chi connectivity index (χ1v) is 7.14. The summed E-state index contributed by atoms with van der Waals surface area (Å²) < 4.78 is 0. The molecule has 0 fully saturated rings. The number of benzene rings is 1. The molecule has 0 unspecified atom stereocenters. The van der Waals surface area contributed by atoms with Crippen molar-refractivity contribution >= 4 is 0 Å². The Morgan fingerprint density at radius 2 is 1.68 bits per heavy atom. The zero-order valence-electron chi connectivity index (χ0n) is 11.6. The van der Waals surface area contributed by atoms with Crippen molar-refractivity contribution in [3.8, 4) is 5.75 Å². The standard InChI is InChI=1S/C18H22O/c1-2-3-4-9-17(16-7-5-6-8-16)14-15-10-12-18(19)13-11-15/h5-8,10-13,19H,2-4,9,14H2,1H3. The Morgan fingerprint density at radius 1 is 1.00 bits per heavy atom. The van der Waals surface area contributed by atoms with Crippen LogP contribution in [0.4, 0.5) is 0 Å². The van der Waals surface area contributed by atoms with Crippen LogP contribution in [0.5, 0.6) is 5.75 Å². The minimum atomic E-state index is 0.338. The summed E-state index contributed by atoms with van der Waals surface area (Å²) in [6, 6.07) is 7.56. The fraction of sp³-hybridized carbons (Fsp3) is 0.333. The predicted octanol–water partition coefficient (Wildman–Crippen LogP) is 4.94. The molecule has 100 valence electrons. The van der Waals surface area contributed by atoms with E-state index < -0.39 is 0 Å². The minimum absolute atomic E-state index is 0.338. The number of allylic oxidation sites excluding steroid dienone is 6. The van der Waals surface area contributed by atoms with Crippen LogP contribution < -0.4 is 0 Å². The average molecular weight is 254 g/mol. The van der Waals surface area contributed by atoms with Crippen LogP contribution in [0.1, 0.15) is 38.2 Å². The van der Waals surface area contributed by atoms with E-state index in [1.54, 1.807) is 12.1 Å². The molecule has 0 heterocycles. The Balaban J connectivity index is 2.09. The molecule has 1 heteroatoms. The highest BCUT2D eigenvalue weighted by Gasteiger charge is 2.06. The highest BCUT2D eigenvalue weighted by atomic mass is 16.3. The van der Waals surface area contributed by atoms with E-state index in [1.165, 1.54) is 42.4 Å². The molecule has 0 radical (unpaired) electrons. The van der Waals surface area contributed by atoms with Crippen LogP contribution in [0.15, 0.2) is 59.7 Å². The molecule has 0 saturated heterocycles. The van der Waals surface area contributed by atoms with Crippen LogP contribution in [-0.4, -0.2) is 5.11 Å². The molecule has 0 saturated carbocycles. The van der Waals surface area contributed by atoms with Gasteiger partial charge >= 0.3 is 0 Å². The van der Waals surface area contributed by atoms with E-state index >= 15 is 0 Å². The van der Waals surface area contributed by atoms with Gasteiger partial charge in [0.05, 0.1) is 0 Å². The second kappa shape index (κ2) is 6.98. The molecule has 1 aliphatic carbocycles. The summed E-state index contributed by atoms with van der Waals surface area (Å²) in [6.45, 7) is 2.24. The van der Waals surface area contributed by atoms with Gasteiger partial charge in [0, 0.05) is 0 Å². The van der Waals surface area contributed by atoms with Crippen molar-refractivity contribution in [3.63, 3.8) is 0 Å². The van der Waals surface area contributed by atoms with Crippen LogP contribution in [0.3, 0.4) is 0 Å². The number of hydrogen-bond acceptors (Lipinski definition) is 1. The van der Waals surface area contributed by atoms with Crippen molar-refractivity contribution in [2.24, 2.45) is 0 Å². The second-order valence-corrected chi connectivity index (χ2v) is 5.08. The summed E-state index contributed by atoms with van der Waals surface area (Å²) in [5.41, 5.74) is 4.14. The van der Waals surface area contributed by atoms with E-state index in [1.807, 2.05) is 12.1 Å². The van der Waals surface area contributed by atoms with Gasteiger partial charge in [0.1, 0.15) is 5.75 Å². The molecule has 1 N–H and O–H groups in total. The van der Waals surface area contributed by atoms with Gasteiger partial charge < -0.3 is 5.11 Å². The number of unbranched alkanes of at least 4 members (excludes halogenated alkanes) is 2. The number of phenolic OH excluding ortho intramolecular Hbond substituents is 1. The molecule has 1 aromatic carbocycles. The number of aromatic hydroxyl groups is 1. The molecule has 1 aromatic rings. The van der Waals surface area contributed by atoms with Gasteiger partial charge in [0.25, 0.3) is 0 Å². The van der Waals surface area contributed by atoms with Crippen molar-refractivity contribution in [3.05, 3.63) is 65.3 Å². The lowest BCUT2D eigenvalue weighted by molar-refractivity contribution is 0.475. The third kappa shape index (κ3) is 4.13. The third-order valence-corrected chi connectivity index (χ3v) is 3.51. The molecule has 0 amide bonds. The van der Waals surface area contributed by atoms with Crippen LogP contribution >= 0.6 is 0 Å². The van der Waals surface area contributed by atoms with Gasteiger partial charge in [-0.25, -0.2) is 0 Å². The Morgan fingerprint density at radius 3 is 2.32 bits per heavy atom. The lowest BCUT2D eigenvalue weighted by atomic mass is 9.95. The quantitative estimate of drug-likeness (QED) is 0.713. The molecule has 2 rings (SSSR count). The molecule has 19 heavy (non-hydrogen) atoms. The lowest BCUT2D eigenvalue weighted by Crippen LogP contribution is -1.94. The molecule has 1 nitrogen and oxygen atoms in total. The minimum Gasteiger partial charge on any atom is -0.508 e. The molecule has 0 aromatic heterocycles. The number of hydrogen-bond donors (Lipinski definition) is 1. The van der Waals surface area contributed by atoms with Crippen LogP contribution in [0.25, 0.3) is 0 Å². The highest BCUT2D eigenvalue weighted by molar-refractivity contribution is 5.45. The monoisotopic (exact) mass is 254 g/mol. The Kier molecular flexibility index (Phi) is 5.02. The van der Waals surface area contributed by atoms with Crippen molar-refractivity contribution < 1.29 is 5.11 Å². The summed E-state index contributed by atoms with van der Waals surface area (Å²) in [6.07, 6.45) is 14.6. The van der Waals surface area contributed by atoms with Crippen molar-refractivity contribution in [2.45, 2.75) is 39.0 Å². The first-order valence-electron chi connectivity index (χ1n) is 7.14. The molecular formula is C18H22O. The second-order valence-electron chi connectivity index (χ2n) is 5.08. The molecule has 1 aliphatic rings. The van der Waals surface area contributed by atoms with E-state index in [0.717, 1.165) is 6.42 Å². The summed E-state index contributed by atoms with van der Waals surface area (Å²) in [5.74, 6) is 0.338. The zero-order valence-corrected chi connectivity index (χ0v) is 11.6. The van der Waals surface area contributed by atoms with Gasteiger partial charge in [-0.15, -0.1) is 0 Å². The molecule has 0 atom stereocenters. The summed E-state index contributed by atoms with van der Waals surface area (Å²) in [5, 5.41) is 9.34. The first kappa shape index (κ1) is 13.7. The van der Waals surface area contributed by atoms with Crippen LogP contribution in [0.2, 0.25) is 0 Å². The summed E-state index contributed by atoms with van der Waals surface area (Å²) in [4.78, 5) is 0. The molecule has 0 spiro atoms. The molecule has 0 bridgehead atoms. The van der Waals surface area contributed by atoms with Gasteiger partial charge in [-0.2, -0.15) is 0 Å². The van der Waals surface area contributed by atoms with Crippen molar-refractivity contribution in [1.29, 1.82) is 0 Å². The SMILES string of the molecule is CCCCCC(Cc1ccc(O)cc1)=C1C=CC=C1. The van der Waals surface area contributed by atoms with E-state index in [2.05, 4.69) is 31.2 Å². The lowest BCUT2D eigenvalue weighted by Gasteiger charge is -2.10. The van der Waals surface area contributed by atoms with Gasteiger partial charge in [-0.05, 0) is 42.5 Å². The highest BCUT2D eigenvalue weighted by Crippen LogP contribution is 2.23. The average Bonchev–Trinajstić information content (AvgIpc) is 2.94. The largest absolute Gasteiger partial charge is 0.508 e. The fourth-order valence-corrected chi connectivity index (χ4v) is 2.39. The Labute approximate surface area is 116 Å². The summed E-state index contributed by atoms with van der Waals surface area (Å²) in [7, 11) is 0. The molecular weight excluding hydrogens is 232 g/mol. The van der Waals surface area contributed by atoms with E-state index in [9.17, 15) is 5.11 Å². The van der Waals surface area contributed by atoms with E-state index in [-0.39, 0.29) is 0 Å². The van der Waals surface area contributed by atoms with Crippen molar-refractivity contribution in [2.75, 3.05) is 0 Å². The Bertz CT molecular complexity index is 475. The maximum absolute atomic E-state index is 9.34. The fourth-order valence-electron chi connectivity index (χ4n) is 2.39. The van der Waals surface area contributed by atoms with Crippen LogP contribution in [-0.2, 0) is 6.42 Å². The van der Waals surface area contributed by atoms with Gasteiger partial charge in [-0.1, -0.05) is 61.8 Å². The zero-order chi connectivity index (χ0) is 13.5. The smallest absolute Gasteiger partial charge is 0.115 e. The Hall–Kier alpha value is -1.76. The van der Waals surface area contributed by atoms with Crippen LogP contribution in [0, 0.1) is 0 Å². The normalized spacial score (nSPS) is 13.2. The third-order valence-electron chi connectivity index (χ3n) is 3.51. The van der Waals surface area contributed by atoms with Gasteiger partial charge in [0.2, 0.25) is 0 Å². The van der Waals surface area contributed by atoms with Crippen molar-refractivity contribution in [1.82, 2.24) is 0 Å². The summed E-state index contributed by atoms with van der Waals surface area (Å²) >= 11 is 0. The van der Waals surface area contributed by atoms with Gasteiger partial charge in [-0.3, -0.25) is 0 Å². The maximum Gasteiger partial charge on any atom is 0.115 e. The predicted molar refractivity (Wildman–Crippen MR) is 81.3 cm³/mol. The molecule has 0 aliphatic heterocycles. The van der Waals surface area contributed by atoms with E-state index in [4.69, 9.17) is 0 Å². The first-order chi connectivity index (χ1) is 9.29.